The number of aromatic nitrogens is 1. The first-order valence-electron chi connectivity index (χ1n) is 7.97. The molecule has 1 aliphatic rings. The molecule has 2 N–H and O–H groups in total. The van der Waals surface area contributed by atoms with Crippen LogP contribution in [0.1, 0.15) is 12.1 Å². The first kappa shape index (κ1) is 20.1. The van der Waals surface area contributed by atoms with E-state index in [9.17, 15) is 22.0 Å². The SMILES string of the molecule is N#Cc1nc(-c2ccc(S(=O)(=O)N3C[C@H](F)C[C@@H]3C(N)=O)cc2Cl)ccc1F. The largest absolute Gasteiger partial charge is 0.368 e. The lowest BCUT2D eigenvalue weighted by Crippen LogP contribution is -2.43. The van der Waals surface area contributed by atoms with Gasteiger partial charge >= 0.3 is 0 Å². The van der Waals surface area contributed by atoms with Crippen molar-refractivity contribution < 1.29 is 22.0 Å². The highest BCUT2D eigenvalue weighted by molar-refractivity contribution is 7.89. The Morgan fingerprint density at radius 1 is 1.36 bits per heavy atom. The maximum Gasteiger partial charge on any atom is 0.243 e. The number of nitriles is 1. The van der Waals surface area contributed by atoms with Crippen molar-refractivity contribution in [2.24, 2.45) is 5.73 Å². The number of alkyl halides is 1. The molecular formula is C17H13ClF2N4O3S. The van der Waals surface area contributed by atoms with Gasteiger partial charge in [-0.3, -0.25) is 4.79 Å². The first-order chi connectivity index (χ1) is 13.1. The number of hydrogen-bond acceptors (Lipinski definition) is 5. The van der Waals surface area contributed by atoms with Crippen LogP contribution in [0.15, 0.2) is 35.2 Å². The van der Waals surface area contributed by atoms with Gasteiger partial charge in [-0.2, -0.15) is 9.57 Å². The van der Waals surface area contributed by atoms with Crippen molar-refractivity contribution in [1.82, 2.24) is 9.29 Å². The predicted octanol–water partition coefficient (Wildman–Crippen LogP) is 2.00. The molecule has 0 saturated carbocycles. The Labute approximate surface area is 164 Å². The zero-order valence-electron chi connectivity index (χ0n) is 14.1. The zero-order valence-corrected chi connectivity index (χ0v) is 15.7. The molecule has 11 heteroatoms. The van der Waals surface area contributed by atoms with E-state index < -0.39 is 46.2 Å². The molecule has 1 amide bonds. The first-order valence-corrected chi connectivity index (χ1v) is 9.78. The molecule has 0 bridgehead atoms. The quantitative estimate of drug-likeness (QED) is 0.802. The summed E-state index contributed by atoms with van der Waals surface area (Å²) in [6.07, 6.45) is -1.81. The Hall–Kier alpha value is -2.61. The van der Waals surface area contributed by atoms with Gasteiger partial charge < -0.3 is 5.73 Å². The Bertz CT molecular complexity index is 1100. The fraction of sp³-hybridized carbons (Fsp3) is 0.235. The average Bonchev–Trinajstić information content (AvgIpc) is 3.05. The van der Waals surface area contributed by atoms with Gasteiger partial charge in [-0.05, 0) is 30.3 Å². The van der Waals surface area contributed by atoms with Gasteiger partial charge in [0.05, 0.1) is 15.6 Å². The molecule has 0 unspecified atom stereocenters. The fourth-order valence-electron chi connectivity index (χ4n) is 2.95. The molecule has 2 heterocycles. The van der Waals surface area contributed by atoms with Crippen LogP contribution in [0.25, 0.3) is 11.3 Å². The maximum absolute atomic E-state index is 13.7. The summed E-state index contributed by atoms with van der Waals surface area (Å²) in [6, 6.07) is 6.32. The number of carbonyl (C=O) groups is 1. The Morgan fingerprint density at radius 2 is 2.07 bits per heavy atom. The van der Waals surface area contributed by atoms with Crippen LogP contribution in [-0.2, 0) is 14.8 Å². The molecule has 146 valence electrons. The number of hydrogen-bond donors (Lipinski definition) is 1. The molecule has 1 aromatic heterocycles. The van der Waals surface area contributed by atoms with Crippen molar-refractivity contribution in [3.8, 4) is 17.3 Å². The summed E-state index contributed by atoms with van der Waals surface area (Å²) in [5.41, 5.74) is 5.21. The van der Waals surface area contributed by atoms with E-state index in [1.807, 2.05) is 0 Å². The molecule has 28 heavy (non-hydrogen) atoms. The minimum atomic E-state index is -4.23. The van der Waals surface area contributed by atoms with Gasteiger partial charge in [0.25, 0.3) is 0 Å². The topological polar surface area (TPSA) is 117 Å². The highest BCUT2D eigenvalue weighted by Gasteiger charge is 2.43. The van der Waals surface area contributed by atoms with Crippen molar-refractivity contribution in [1.29, 1.82) is 5.26 Å². The van der Waals surface area contributed by atoms with Gasteiger partial charge in [-0.25, -0.2) is 22.2 Å². The monoisotopic (exact) mass is 426 g/mol. The van der Waals surface area contributed by atoms with Gasteiger partial charge in [0.1, 0.15) is 18.3 Å². The number of benzene rings is 1. The minimum absolute atomic E-state index is 0.0318. The van der Waals surface area contributed by atoms with Crippen molar-refractivity contribution in [3.63, 3.8) is 0 Å². The Balaban J connectivity index is 2.00. The normalized spacial score (nSPS) is 20.1. The van der Waals surface area contributed by atoms with E-state index in [2.05, 4.69) is 4.98 Å². The summed E-state index contributed by atoms with van der Waals surface area (Å²) in [6.45, 7) is -0.486. The van der Waals surface area contributed by atoms with E-state index in [1.165, 1.54) is 18.2 Å². The minimum Gasteiger partial charge on any atom is -0.368 e. The smallest absolute Gasteiger partial charge is 0.243 e. The van der Waals surface area contributed by atoms with Gasteiger partial charge in [-0.15, -0.1) is 0 Å². The lowest BCUT2D eigenvalue weighted by molar-refractivity contribution is -0.121. The predicted molar refractivity (Wildman–Crippen MR) is 95.7 cm³/mol. The summed E-state index contributed by atoms with van der Waals surface area (Å²) < 4.78 is 53.5. The Kier molecular flexibility index (Phi) is 5.34. The van der Waals surface area contributed by atoms with E-state index >= 15 is 0 Å². The molecule has 0 radical (unpaired) electrons. The number of nitrogens with zero attached hydrogens (tertiary/aromatic N) is 3. The maximum atomic E-state index is 13.7. The van der Waals surface area contributed by atoms with Gasteiger partial charge in [-0.1, -0.05) is 11.6 Å². The van der Waals surface area contributed by atoms with Gasteiger partial charge in [0.2, 0.25) is 15.9 Å². The molecule has 0 spiro atoms. The van der Waals surface area contributed by atoms with Crippen molar-refractivity contribution >= 4 is 27.5 Å². The van der Waals surface area contributed by atoms with E-state index in [1.54, 1.807) is 6.07 Å². The molecule has 1 aliphatic heterocycles. The summed E-state index contributed by atoms with van der Waals surface area (Å²) >= 11 is 6.17. The van der Waals surface area contributed by atoms with Crippen LogP contribution in [0.3, 0.4) is 0 Å². The zero-order chi connectivity index (χ0) is 20.6. The molecule has 0 aliphatic carbocycles. The number of pyridine rings is 1. The number of sulfonamides is 1. The van der Waals surface area contributed by atoms with Gasteiger partial charge in [0.15, 0.2) is 11.5 Å². The molecule has 2 aromatic rings. The third kappa shape index (κ3) is 3.56. The molecule has 7 nitrogen and oxygen atoms in total. The molecular weight excluding hydrogens is 414 g/mol. The summed E-state index contributed by atoms with van der Waals surface area (Å²) in [5.74, 6) is -1.74. The second-order valence-electron chi connectivity index (χ2n) is 6.11. The van der Waals surface area contributed by atoms with Crippen molar-refractivity contribution in [2.75, 3.05) is 6.54 Å². The highest BCUT2D eigenvalue weighted by Crippen LogP contribution is 2.33. The third-order valence-corrected chi connectivity index (χ3v) is 6.49. The van der Waals surface area contributed by atoms with Crippen LogP contribution in [0.5, 0.6) is 0 Å². The molecule has 1 fully saturated rings. The van der Waals surface area contributed by atoms with Crippen LogP contribution in [0, 0.1) is 17.1 Å². The summed E-state index contributed by atoms with van der Waals surface area (Å²) in [7, 11) is -4.23. The van der Waals surface area contributed by atoms with Crippen LogP contribution in [0.2, 0.25) is 5.02 Å². The van der Waals surface area contributed by atoms with E-state index in [0.29, 0.717) is 0 Å². The standard InChI is InChI=1S/C17H13ClF2N4O3S/c18-12-6-10(28(26,27)24-8-9(19)5-16(24)17(22)25)1-2-11(12)14-4-3-13(20)15(7-21)23-14/h1-4,6,9,16H,5,8H2,(H2,22,25)/t9-,16-/m1/s1. The molecule has 1 saturated heterocycles. The number of carbonyl (C=O) groups excluding carboxylic acids is 1. The van der Waals surface area contributed by atoms with E-state index in [-0.39, 0.29) is 27.6 Å². The van der Waals surface area contributed by atoms with Gasteiger partial charge in [0, 0.05) is 18.5 Å². The molecule has 2 atom stereocenters. The number of halogens is 3. The number of nitrogens with two attached hydrogens (primary N) is 1. The van der Waals surface area contributed by atoms with Crippen molar-refractivity contribution in [3.05, 3.63) is 46.9 Å². The number of primary amides is 1. The number of amides is 1. The van der Waals surface area contributed by atoms with Crippen LogP contribution in [0.4, 0.5) is 8.78 Å². The highest BCUT2D eigenvalue weighted by atomic mass is 35.5. The second kappa shape index (κ2) is 7.43. The molecule has 1 aromatic carbocycles. The Morgan fingerprint density at radius 3 is 2.68 bits per heavy atom. The summed E-state index contributed by atoms with van der Waals surface area (Å²) in [5, 5.41) is 8.85. The fourth-order valence-corrected chi connectivity index (χ4v) is 4.95. The lowest BCUT2D eigenvalue weighted by atomic mass is 10.1. The third-order valence-electron chi connectivity index (χ3n) is 4.31. The summed E-state index contributed by atoms with van der Waals surface area (Å²) in [4.78, 5) is 15.1. The van der Waals surface area contributed by atoms with E-state index in [0.717, 1.165) is 16.4 Å². The average molecular weight is 427 g/mol. The second-order valence-corrected chi connectivity index (χ2v) is 8.40. The molecule has 3 rings (SSSR count). The van der Waals surface area contributed by atoms with Crippen LogP contribution >= 0.6 is 11.6 Å². The van der Waals surface area contributed by atoms with Crippen LogP contribution < -0.4 is 5.73 Å². The van der Waals surface area contributed by atoms with Crippen molar-refractivity contribution in [2.45, 2.75) is 23.5 Å². The number of rotatable bonds is 4. The van der Waals surface area contributed by atoms with Crippen LogP contribution in [-0.4, -0.2) is 42.4 Å². The van der Waals surface area contributed by atoms with E-state index in [4.69, 9.17) is 22.6 Å². The lowest BCUT2D eigenvalue weighted by Gasteiger charge is -2.21.